The van der Waals surface area contributed by atoms with Crippen molar-refractivity contribution in [2.75, 3.05) is 19.3 Å². The predicted octanol–water partition coefficient (Wildman–Crippen LogP) is 4.43. The number of amidine groups is 1. The Morgan fingerprint density at radius 2 is 1.85 bits per heavy atom. The lowest BCUT2D eigenvalue weighted by Gasteiger charge is -2.40. The van der Waals surface area contributed by atoms with Gasteiger partial charge in [0.25, 0.3) is 5.91 Å². The number of fused-ring (bicyclic) bond motifs is 2. The molecule has 1 spiro atoms. The van der Waals surface area contributed by atoms with Crippen molar-refractivity contribution in [1.82, 2.24) is 10.2 Å². The summed E-state index contributed by atoms with van der Waals surface area (Å²) in [6.45, 7) is 1.73. The third kappa shape index (κ3) is 3.10. The SMILES string of the molecule is CS/C(=N\c1ccc(Cl)cc1)N1CCC2(CC1)NC(=O)c1ccccc12. The fourth-order valence-corrected chi connectivity index (χ4v) is 4.56. The van der Waals surface area contributed by atoms with Gasteiger partial charge in [0.15, 0.2) is 5.17 Å². The van der Waals surface area contributed by atoms with E-state index in [1.165, 1.54) is 0 Å². The minimum Gasteiger partial charge on any atom is -0.351 e. The number of amides is 1. The van der Waals surface area contributed by atoms with Gasteiger partial charge >= 0.3 is 0 Å². The summed E-state index contributed by atoms with van der Waals surface area (Å²) in [5.74, 6) is 0.0500. The summed E-state index contributed by atoms with van der Waals surface area (Å²) in [4.78, 5) is 19.4. The van der Waals surface area contributed by atoms with Crippen molar-refractivity contribution in [3.63, 3.8) is 0 Å². The molecular weight excluding hydrogens is 366 g/mol. The van der Waals surface area contributed by atoms with E-state index in [4.69, 9.17) is 16.6 Å². The van der Waals surface area contributed by atoms with E-state index in [2.05, 4.69) is 16.3 Å². The van der Waals surface area contributed by atoms with Crippen molar-refractivity contribution in [3.05, 3.63) is 64.7 Å². The van der Waals surface area contributed by atoms with Crippen molar-refractivity contribution in [2.24, 2.45) is 4.99 Å². The van der Waals surface area contributed by atoms with Gasteiger partial charge in [0.2, 0.25) is 0 Å². The van der Waals surface area contributed by atoms with E-state index in [1.807, 2.05) is 48.7 Å². The Morgan fingerprint density at radius 1 is 1.15 bits per heavy atom. The molecule has 0 radical (unpaired) electrons. The van der Waals surface area contributed by atoms with E-state index >= 15 is 0 Å². The molecule has 4 nitrogen and oxygen atoms in total. The second kappa shape index (κ2) is 6.97. The second-order valence-electron chi connectivity index (χ2n) is 6.64. The Labute approximate surface area is 162 Å². The first-order valence-corrected chi connectivity index (χ1v) is 10.3. The van der Waals surface area contributed by atoms with Gasteiger partial charge in [-0.2, -0.15) is 0 Å². The number of hydrogen-bond donors (Lipinski definition) is 1. The fraction of sp³-hybridized carbons (Fsp3) is 0.300. The van der Waals surface area contributed by atoms with Crippen LogP contribution < -0.4 is 5.32 Å². The summed E-state index contributed by atoms with van der Waals surface area (Å²) in [5.41, 5.74) is 2.64. The number of halogens is 1. The maximum atomic E-state index is 12.3. The molecule has 2 aromatic carbocycles. The summed E-state index contributed by atoms with van der Waals surface area (Å²) in [6, 6.07) is 15.5. The zero-order valence-electron chi connectivity index (χ0n) is 14.5. The minimum absolute atomic E-state index is 0.0500. The lowest BCUT2D eigenvalue weighted by atomic mass is 9.82. The fourth-order valence-electron chi connectivity index (χ4n) is 3.80. The summed E-state index contributed by atoms with van der Waals surface area (Å²) in [5, 5.41) is 4.95. The number of benzene rings is 2. The maximum absolute atomic E-state index is 12.3. The molecule has 2 aromatic rings. The summed E-state index contributed by atoms with van der Waals surface area (Å²) < 4.78 is 0. The average molecular weight is 386 g/mol. The number of nitrogens with one attached hydrogen (secondary N) is 1. The molecule has 0 aromatic heterocycles. The van der Waals surface area contributed by atoms with Crippen LogP contribution in [0, 0.1) is 0 Å². The van der Waals surface area contributed by atoms with Gasteiger partial charge in [0.05, 0.1) is 11.2 Å². The molecule has 26 heavy (non-hydrogen) atoms. The molecule has 0 bridgehead atoms. The van der Waals surface area contributed by atoms with Crippen LogP contribution in [0.25, 0.3) is 0 Å². The molecule has 2 aliphatic heterocycles. The van der Waals surface area contributed by atoms with E-state index in [9.17, 15) is 4.79 Å². The molecule has 2 heterocycles. The van der Waals surface area contributed by atoms with Crippen LogP contribution in [0.15, 0.2) is 53.5 Å². The van der Waals surface area contributed by atoms with E-state index in [1.54, 1.807) is 11.8 Å². The number of hydrogen-bond acceptors (Lipinski definition) is 3. The number of rotatable bonds is 1. The molecule has 1 amide bonds. The molecule has 0 unspecified atom stereocenters. The zero-order valence-corrected chi connectivity index (χ0v) is 16.1. The Balaban J connectivity index is 1.53. The first-order valence-electron chi connectivity index (χ1n) is 8.66. The average Bonchev–Trinajstić information content (AvgIpc) is 2.94. The number of piperidine rings is 1. The molecule has 1 N–H and O–H groups in total. The molecule has 0 atom stereocenters. The normalized spacial score (nSPS) is 18.8. The van der Waals surface area contributed by atoms with Gasteiger partial charge in [-0.25, -0.2) is 4.99 Å². The Bertz CT molecular complexity index is 858. The number of carbonyl (C=O) groups excluding carboxylic acids is 1. The Morgan fingerprint density at radius 3 is 2.54 bits per heavy atom. The van der Waals surface area contributed by atoms with Crippen LogP contribution in [-0.2, 0) is 5.54 Å². The third-order valence-electron chi connectivity index (χ3n) is 5.16. The topological polar surface area (TPSA) is 44.7 Å². The van der Waals surface area contributed by atoms with Gasteiger partial charge in [0, 0.05) is 23.7 Å². The summed E-state index contributed by atoms with van der Waals surface area (Å²) in [6.07, 6.45) is 3.82. The Hall–Kier alpha value is -1.98. The number of thioether (sulfide) groups is 1. The molecule has 134 valence electrons. The van der Waals surface area contributed by atoms with Crippen LogP contribution in [0.1, 0.15) is 28.8 Å². The van der Waals surface area contributed by atoms with E-state index in [-0.39, 0.29) is 11.4 Å². The monoisotopic (exact) mass is 385 g/mol. The highest BCUT2D eigenvalue weighted by molar-refractivity contribution is 8.13. The van der Waals surface area contributed by atoms with Gasteiger partial charge in [-0.05, 0) is 55.0 Å². The molecular formula is C20H20ClN3OS. The third-order valence-corrected chi connectivity index (χ3v) is 6.13. The largest absolute Gasteiger partial charge is 0.351 e. The number of aliphatic imine (C=N–C) groups is 1. The van der Waals surface area contributed by atoms with E-state index in [0.29, 0.717) is 5.02 Å². The Kier molecular flexibility index (Phi) is 4.67. The number of nitrogens with zero attached hydrogens (tertiary/aromatic N) is 2. The van der Waals surface area contributed by atoms with Gasteiger partial charge in [-0.3, -0.25) is 4.79 Å². The maximum Gasteiger partial charge on any atom is 0.252 e. The summed E-state index contributed by atoms with van der Waals surface area (Å²) >= 11 is 7.60. The van der Waals surface area contributed by atoms with Gasteiger partial charge < -0.3 is 10.2 Å². The quantitative estimate of drug-likeness (QED) is 0.583. The van der Waals surface area contributed by atoms with Gasteiger partial charge in [-0.1, -0.05) is 41.6 Å². The van der Waals surface area contributed by atoms with Crippen molar-refractivity contribution in [2.45, 2.75) is 18.4 Å². The highest BCUT2D eigenvalue weighted by Gasteiger charge is 2.44. The molecule has 2 aliphatic rings. The van der Waals surface area contributed by atoms with Crippen LogP contribution in [0.3, 0.4) is 0 Å². The zero-order chi connectivity index (χ0) is 18.1. The van der Waals surface area contributed by atoms with Crippen LogP contribution in [0.4, 0.5) is 5.69 Å². The molecule has 6 heteroatoms. The summed E-state index contributed by atoms with van der Waals surface area (Å²) in [7, 11) is 0. The van der Waals surface area contributed by atoms with Crippen molar-refractivity contribution in [3.8, 4) is 0 Å². The lowest BCUT2D eigenvalue weighted by molar-refractivity contribution is 0.0897. The first kappa shape index (κ1) is 17.4. The molecule has 0 aliphatic carbocycles. The highest BCUT2D eigenvalue weighted by atomic mass is 35.5. The van der Waals surface area contributed by atoms with Gasteiger partial charge in [-0.15, -0.1) is 0 Å². The highest BCUT2D eigenvalue weighted by Crippen LogP contribution is 2.39. The number of carbonyl (C=O) groups is 1. The lowest BCUT2D eigenvalue weighted by Crippen LogP contribution is -2.50. The van der Waals surface area contributed by atoms with Crippen LogP contribution in [0.5, 0.6) is 0 Å². The van der Waals surface area contributed by atoms with E-state index in [0.717, 1.165) is 47.9 Å². The van der Waals surface area contributed by atoms with Gasteiger partial charge in [0.1, 0.15) is 0 Å². The van der Waals surface area contributed by atoms with Crippen molar-refractivity contribution >= 4 is 40.1 Å². The standard InChI is InChI=1S/C20H20ClN3OS/c1-26-19(22-15-8-6-14(21)7-9-15)24-12-10-20(11-13-24)17-5-3-2-4-16(17)18(25)23-20/h2-9H,10-13H2,1H3,(H,23,25)/b22-19-. The predicted molar refractivity (Wildman–Crippen MR) is 108 cm³/mol. The smallest absolute Gasteiger partial charge is 0.252 e. The second-order valence-corrected chi connectivity index (χ2v) is 7.85. The van der Waals surface area contributed by atoms with Crippen LogP contribution in [-0.4, -0.2) is 35.3 Å². The van der Waals surface area contributed by atoms with Crippen molar-refractivity contribution in [1.29, 1.82) is 0 Å². The molecule has 1 saturated heterocycles. The van der Waals surface area contributed by atoms with Crippen LogP contribution >= 0.6 is 23.4 Å². The minimum atomic E-state index is -0.228. The van der Waals surface area contributed by atoms with Crippen molar-refractivity contribution < 1.29 is 4.79 Å². The molecule has 4 rings (SSSR count). The van der Waals surface area contributed by atoms with E-state index < -0.39 is 0 Å². The molecule has 0 saturated carbocycles. The first-order chi connectivity index (χ1) is 12.6. The molecule has 1 fully saturated rings. The number of likely N-dealkylation sites (tertiary alicyclic amines) is 1. The van der Waals surface area contributed by atoms with Crippen LogP contribution in [0.2, 0.25) is 5.02 Å².